The number of hydrogen-bond acceptors (Lipinski definition) is 8. The summed E-state index contributed by atoms with van der Waals surface area (Å²) in [5, 5.41) is -5.92. The van der Waals surface area contributed by atoms with Crippen LogP contribution in [0.15, 0.2) is 30.3 Å². The summed E-state index contributed by atoms with van der Waals surface area (Å²) in [6.07, 6.45) is -3.40. The van der Waals surface area contributed by atoms with E-state index in [4.69, 9.17) is 14.0 Å². The van der Waals surface area contributed by atoms with E-state index < -0.39 is 67.9 Å². The summed E-state index contributed by atoms with van der Waals surface area (Å²) in [5.41, 5.74) is 0.271. The van der Waals surface area contributed by atoms with Crippen LogP contribution in [0.3, 0.4) is 0 Å². The molecule has 1 N–H and O–H groups in total. The number of thioether (sulfide) groups is 1. The second-order valence-corrected chi connectivity index (χ2v) is 11.7. The number of fused-ring (bicyclic) bond motifs is 1. The maximum atomic E-state index is 14.0. The molecule has 3 saturated heterocycles. The first-order valence-electron chi connectivity index (χ1n) is 10.6. The number of hydrogen-bond donors (Lipinski definition) is 1. The molecule has 34 heavy (non-hydrogen) atoms. The third-order valence-corrected chi connectivity index (χ3v) is 9.24. The van der Waals surface area contributed by atoms with Gasteiger partial charge in [-0.25, -0.2) is 4.79 Å². The van der Waals surface area contributed by atoms with Gasteiger partial charge in [-0.15, -0.1) is 11.8 Å². The first-order chi connectivity index (χ1) is 15.8. The molecule has 7 atom stereocenters. The molecule has 186 valence electrons. The average Bonchev–Trinajstić information content (AvgIpc) is 3.36. The molecule has 0 saturated carbocycles. The molecule has 9 nitrogen and oxygen atoms in total. The molecular formula is C21H23F2NO8S2. The van der Waals surface area contributed by atoms with E-state index >= 15 is 0 Å². The number of nitrogens with zero attached hydrogens (tertiary/aromatic N) is 1. The molecule has 3 aliphatic rings. The Balaban J connectivity index is 1.63. The zero-order valence-electron chi connectivity index (χ0n) is 18.3. The number of esters is 2. The van der Waals surface area contributed by atoms with Crippen LogP contribution in [0.5, 0.6) is 0 Å². The summed E-state index contributed by atoms with van der Waals surface area (Å²) in [4.78, 5) is 40.5. The summed E-state index contributed by atoms with van der Waals surface area (Å²) in [6.45, 7) is 4.19. The van der Waals surface area contributed by atoms with E-state index in [-0.39, 0.29) is 17.5 Å². The van der Waals surface area contributed by atoms with E-state index in [0.29, 0.717) is 6.92 Å². The first-order valence-corrected chi connectivity index (χ1v) is 12.9. The molecule has 3 aliphatic heterocycles. The standard InChI is InChI=1S/C21H23F2NO8S2/c1-9(2)24-14-15(32-19(26)11-7-5-4-6-8-11)17-13(12(18(24)25)16(14)33-17)20(27)31-10(3)21(22,23)34(28,29)30/h4-10,12-17H,1-3H3,(H,28,29,30). The Morgan fingerprint density at radius 1 is 1.15 bits per heavy atom. The van der Waals surface area contributed by atoms with Crippen LogP contribution in [0.25, 0.3) is 0 Å². The van der Waals surface area contributed by atoms with Gasteiger partial charge in [0.05, 0.1) is 28.7 Å². The number of carbonyl (C=O) groups is 3. The van der Waals surface area contributed by atoms with E-state index in [2.05, 4.69) is 0 Å². The molecule has 4 rings (SSSR count). The van der Waals surface area contributed by atoms with Gasteiger partial charge in [-0.3, -0.25) is 14.1 Å². The third-order valence-electron chi connectivity index (χ3n) is 6.46. The van der Waals surface area contributed by atoms with E-state index in [9.17, 15) is 31.6 Å². The van der Waals surface area contributed by atoms with Crippen molar-refractivity contribution in [2.45, 2.75) is 60.8 Å². The Kier molecular flexibility index (Phi) is 6.18. The number of amides is 1. The summed E-state index contributed by atoms with van der Waals surface area (Å²) >= 11 is 1.26. The van der Waals surface area contributed by atoms with Gasteiger partial charge < -0.3 is 14.4 Å². The zero-order valence-corrected chi connectivity index (χ0v) is 20.0. The average molecular weight is 520 g/mol. The van der Waals surface area contributed by atoms with Crippen molar-refractivity contribution in [1.82, 2.24) is 4.90 Å². The largest absolute Gasteiger partial charge is 0.455 e. The smallest absolute Gasteiger partial charge is 0.405 e. The fourth-order valence-corrected chi connectivity index (χ4v) is 7.51. The molecule has 0 radical (unpaired) electrons. The molecule has 1 amide bonds. The lowest BCUT2D eigenvalue weighted by molar-refractivity contribution is -0.168. The lowest BCUT2D eigenvalue weighted by Crippen LogP contribution is -2.52. The molecule has 2 bridgehead atoms. The van der Waals surface area contributed by atoms with Crippen molar-refractivity contribution >= 4 is 39.7 Å². The number of alkyl halides is 2. The van der Waals surface area contributed by atoms with Crippen LogP contribution >= 0.6 is 11.8 Å². The Hall–Kier alpha value is -2.25. The van der Waals surface area contributed by atoms with Crippen LogP contribution < -0.4 is 0 Å². The van der Waals surface area contributed by atoms with Crippen molar-refractivity contribution in [2.24, 2.45) is 11.8 Å². The van der Waals surface area contributed by atoms with Crippen molar-refractivity contribution in [2.75, 3.05) is 0 Å². The third kappa shape index (κ3) is 3.77. The van der Waals surface area contributed by atoms with Gasteiger partial charge in [0.2, 0.25) is 5.91 Å². The molecule has 1 aromatic carbocycles. The predicted octanol–water partition coefficient (Wildman–Crippen LogP) is 1.97. The molecule has 3 heterocycles. The van der Waals surface area contributed by atoms with E-state index in [0.717, 1.165) is 0 Å². The molecule has 0 aromatic heterocycles. The second kappa shape index (κ2) is 8.45. The van der Waals surface area contributed by atoms with Crippen molar-refractivity contribution in [1.29, 1.82) is 0 Å². The fourth-order valence-electron chi connectivity index (χ4n) is 4.96. The SMILES string of the molecule is CC(C)N1C(=O)C2C3SC(C(OC(=O)c4ccccc4)C31)C2C(=O)OC(C)C(F)(F)S(=O)(=O)O. The molecule has 3 fully saturated rings. The Morgan fingerprint density at radius 3 is 2.32 bits per heavy atom. The van der Waals surface area contributed by atoms with Crippen LogP contribution in [0.4, 0.5) is 8.78 Å². The summed E-state index contributed by atoms with van der Waals surface area (Å²) < 4.78 is 69.3. The van der Waals surface area contributed by atoms with Crippen molar-refractivity contribution in [3.05, 3.63) is 35.9 Å². The van der Waals surface area contributed by atoms with Gasteiger partial charge in [0.25, 0.3) is 0 Å². The second-order valence-electron chi connectivity index (χ2n) is 8.80. The van der Waals surface area contributed by atoms with Crippen molar-refractivity contribution < 1.29 is 45.6 Å². The highest BCUT2D eigenvalue weighted by atomic mass is 32.2. The lowest BCUT2D eigenvalue weighted by atomic mass is 9.78. The van der Waals surface area contributed by atoms with Gasteiger partial charge in [0, 0.05) is 11.3 Å². The number of carbonyl (C=O) groups excluding carboxylic acids is 3. The number of ether oxygens (including phenoxy) is 2. The minimum absolute atomic E-state index is 0.271. The number of benzene rings is 1. The van der Waals surface area contributed by atoms with Crippen LogP contribution in [-0.4, -0.2) is 75.8 Å². The van der Waals surface area contributed by atoms with Gasteiger partial charge in [0.1, 0.15) is 6.10 Å². The maximum absolute atomic E-state index is 14.0. The van der Waals surface area contributed by atoms with E-state index in [1.165, 1.54) is 11.8 Å². The van der Waals surface area contributed by atoms with Crippen molar-refractivity contribution in [3.8, 4) is 0 Å². The molecule has 13 heteroatoms. The van der Waals surface area contributed by atoms with Crippen molar-refractivity contribution in [3.63, 3.8) is 0 Å². The van der Waals surface area contributed by atoms with Gasteiger partial charge in [0.15, 0.2) is 6.10 Å². The summed E-state index contributed by atoms with van der Waals surface area (Å²) in [5.74, 6) is -4.35. The maximum Gasteiger partial charge on any atom is 0.405 e. The van der Waals surface area contributed by atoms with Crippen LogP contribution in [0.1, 0.15) is 31.1 Å². The number of halogens is 2. The van der Waals surface area contributed by atoms with Crippen LogP contribution in [0.2, 0.25) is 0 Å². The monoisotopic (exact) mass is 519 g/mol. The first kappa shape index (κ1) is 24.9. The fraction of sp³-hybridized carbons (Fsp3) is 0.571. The topological polar surface area (TPSA) is 127 Å². The van der Waals surface area contributed by atoms with E-state index in [1.54, 1.807) is 49.1 Å². The minimum atomic E-state index is -5.84. The van der Waals surface area contributed by atoms with Crippen LogP contribution in [-0.2, 0) is 29.2 Å². The Labute approximate surface area is 198 Å². The predicted molar refractivity (Wildman–Crippen MR) is 116 cm³/mol. The molecule has 0 aliphatic carbocycles. The summed E-state index contributed by atoms with van der Waals surface area (Å²) in [6, 6.07) is 7.35. The zero-order chi connectivity index (χ0) is 25.2. The molecule has 1 aromatic rings. The number of rotatable bonds is 7. The summed E-state index contributed by atoms with van der Waals surface area (Å²) in [7, 11) is -5.84. The van der Waals surface area contributed by atoms with E-state index in [1.807, 2.05) is 0 Å². The lowest BCUT2D eigenvalue weighted by Gasteiger charge is -2.34. The molecule has 0 spiro atoms. The van der Waals surface area contributed by atoms with Gasteiger partial charge in [-0.2, -0.15) is 17.2 Å². The van der Waals surface area contributed by atoms with Crippen LogP contribution in [0, 0.1) is 11.8 Å². The quantitative estimate of drug-likeness (QED) is 0.425. The van der Waals surface area contributed by atoms with Gasteiger partial charge in [-0.05, 0) is 32.9 Å². The normalized spacial score (nSPS) is 31.1. The minimum Gasteiger partial charge on any atom is -0.455 e. The highest BCUT2D eigenvalue weighted by Crippen LogP contribution is 2.60. The molecular weight excluding hydrogens is 496 g/mol. The Morgan fingerprint density at radius 2 is 1.76 bits per heavy atom. The number of likely N-dealkylation sites (tertiary alicyclic amines) is 1. The van der Waals surface area contributed by atoms with Gasteiger partial charge >= 0.3 is 27.3 Å². The van der Waals surface area contributed by atoms with Gasteiger partial charge in [-0.1, -0.05) is 18.2 Å². The molecule has 7 unspecified atom stereocenters. The Bertz CT molecular complexity index is 1110. The highest BCUT2D eigenvalue weighted by molar-refractivity contribution is 8.01. The highest BCUT2D eigenvalue weighted by Gasteiger charge is 2.72.